The van der Waals surface area contributed by atoms with Gasteiger partial charge in [0, 0.05) is 37.9 Å². The summed E-state index contributed by atoms with van der Waals surface area (Å²) in [6, 6.07) is 11.4. The Bertz CT molecular complexity index is 770. The van der Waals surface area contributed by atoms with Gasteiger partial charge in [0.2, 0.25) is 0 Å². The zero-order chi connectivity index (χ0) is 17.4. The highest BCUT2D eigenvalue weighted by molar-refractivity contribution is 6.04. The first-order chi connectivity index (χ1) is 12.1. The Kier molecular flexibility index (Phi) is 4.27. The summed E-state index contributed by atoms with van der Waals surface area (Å²) in [6.07, 6.45) is 1.63. The lowest BCUT2D eigenvalue weighted by atomic mass is 9.92. The van der Waals surface area contributed by atoms with Crippen LogP contribution in [0, 0.1) is 0 Å². The fourth-order valence-corrected chi connectivity index (χ4v) is 3.72. The molecule has 0 spiro atoms. The molecule has 0 bridgehead atoms. The van der Waals surface area contributed by atoms with Gasteiger partial charge in [0.05, 0.1) is 11.3 Å². The largest absolute Gasteiger partial charge is 0.488 e. The van der Waals surface area contributed by atoms with Crippen LogP contribution in [0.5, 0.6) is 5.75 Å². The summed E-state index contributed by atoms with van der Waals surface area (Å²) in [5, 5.41) is 0. The third-order valence-corrected chi connectivity index (χ3v) is 5.16. The van der Waals surface area contributed by atoms with Gasteiger partial charge >= 0.3 is 0 Å². The van der Waals surface area contributed by atoms with E-state index in [4.69, 9.17) is 4.74 Å². The predicted octanol–water partition coefficient (Wildman–Crippen LogP) is 2.33. The number of nitrogens with zero attached hydrogens (tertiary/aromatic N) is 3. The third kappa shape index (κ3) is 3.05. The van der Waals surface area contributed by atoms with E-state index in [1.54, 1.807) is 6.20 Å². The van der Waals surface area contributed by atoms with E-state index < -0.39 is 0 Å². The van der Waals surface area contributed by atoms with Crippen molar-refractivity contribution in [1.29, 1.82) is 0 Å². The molecule has 2 atom stereocenters. The lowest BCUT2D eigenvalue weighted by Gasteiger charge is -2.41. The minimum absolute atomic E-state index is 0.135. The van der Waals surface area contributed by atoms with Crippen molar-refractivity contribution in [2.75, 3.05) is 33.2 Å². The van der Waals surface area contributed by atoms with Gasteiger partial charge in [-0.2, -0.15) is 0 Å². The van der Waals surface area contributed by atoms with Crippen LogP contribution < -0.4 is 4.74 Å². The second-order valence-electron chi connectivity index (χ2n) is 6.90. The average Bonchev–Trinajstić information content (AvgIpc) is 2.64. The van der Waals surface area contributed by atoms with Gasteiger partial charge in [-0.15, -0.1) is 0 Å². The molecule has 1 fully saturated rings. The first kappa shape index (κ1) is 16.2. The fraction of sp³-hybridized carbons (Fsp3) is 0.400. The van der Waals surface area contributed by atoms with Crippen molar-refractivity contribution < 1.29 is 9.53 Å². The smallest absolute Gasteiger partial charge is 0.187 e. The Morgan fingerprint density at radius 2 is 1.92 bits per heavy atom. The molecule has 5 nitrogen and oxygen atoms in total. The van der Waals surface area contributed by atoms with Gasteiger partial charge in [0.1, 0.15) is 17.9 Å². The molecule has 0 N–H and O–H groups in total. The second kappa shape index (κ2) is 6.58. The molecule has 1 aromatic carbocycles. The first-order valence-corrected chi connectivity index (χ1v) is 8.82. The van der Waals surface area contributed by atoms with Crippen LogP contribution in [0.1, 0.15) is 17.3 Å². The normalized spacial score (nSPS) is 24.6. The van der Waals surface area contributed by atoms with Crippen molar-refractivity contribution in [2.24, 2.45) is 0 Å². The lowest BCUT2D eigenvalue weighted by Crippen LogP contribution is -2.57. The van der Waals surface area contributed by atoms with E-state index in [1.165, 1.54) is 0 Å². The maximum absolute atomic E-state index is 13.2. The van der Waals surface area contributed by atoms with Crippen LogP contribution in [0.3, 0.4) is 0 Å². The molecule has 0 amide bonds. The molecule has 2 unspecified atom stereocenters. The van der Waals surface area contributed by atoms with Gasteiger partial charge in [-0.05, 0) is 44.3 Å². The topological polar surface area (TPSA) is 45.7 Å². The molecule has 1 aromatic heterocycles. The number of hydrogen-bond acceptors (Lipinski definition) is 5. The summed E-state index contributed by atoms with van der Waals surface area (Å²) in [4.78, 5) is 22.2. The first-order valence-electron chi connectivity index (χ1n) is 8.82. The molecule has 0 saturated carbocycles. The predicted molar refractivity (Wildman–Crippen MR) is 97.0 cm³/mol. The fourth-order valence-electron chi connectivity index (χ4n) is 3.72. The Hall–Kier alpha value is -2.24. The zero-order valence-corrected chi connectivity index (χ0v) is 14.7. The number of ether oxygens (including phenoxy) is 1. The summed E-state index contributed by atoms with van der Waals surface area (Å²) in [6.45, 7) is 5.76. The summed E-state index contributed by atoms with van der Waals surface area (Å²) in [5.41, 5.74) is 2.49. The number of pyridine rings is 1. The van der Waals surface area contributed by atoms with Crippen LogP contribution in [-0.4, -0.2) is 65.9 Å². The van der Waals surface area contributed by atoms with Crippen molar-refractivity contribution in [3.8, 4) is 17.0 Å². The maximum Gasteiger partial charge on any atom is 0.187 e. The van der Waals surface area contributed by atoms with Crippen LogP contribution >= 0.6 is 0 Å². The van der Waals surface area contributed by atoms with Crippen molar-refractivity contribution >= 4 is 5.78 Å². The molecule has 1 saturated heterocycles. The molecule has 5 heteroatoms. The van der Waals surface area contributed by atoms with Crippen molar-refractivity contribution in [2.45, 2.75) is 19.1 Å². The average molecular weight is 337 g/mol. The number of likely N-dealkylation sites (N-methyl/N-ethyl adjacent to an activating group) is 1. The molecule has 2 aliphatic heterocycles. The van der Waals surface area contributed by atoms with Crippen LogP contribution in [0.4, 0.5) is 0 Å². The van der Waals surface area contributed by atoms with E-state index in [2.05, 4.69) is 21.8 Å². The summed E-state index contributed by atoms with van der Waals surface area (Å²) < 4.78 is 6.09. The van der Waals surface area contributed by atoms with Gasteiger partial charge in [-0.25, -0.2) is 0 Å². The number of Topliss-reactive ketones (excluding diaryl/α,β-unsaturated/α-hetero) is 1. The third-order valence-electron chi connectivity index (χ3n) is 5.16. The zero-order valence-electron chi connectivity index (χ0n) is 14.7. The lowest BCUT2D eigenvalue weighted by molar-refractivity contribution is 0.0302. The molecule has 3 heterocycles. The van der Waals surface area contributed by atoms with E-state index in [0.717, 1.165) is 37.4 Å². The van der Waals surface area contributed by atoms with Gasteiger partial charge in [0.15, 0.2) is 5.78 Å². The standard InChI is InChI=1S/C20H23N3O2/c1-14-19(23-11-9-22(2)10-12-23)20(24)16-13-15(6-7-18(16)25-14)17-5-3-4-8-21-17/h3-8,13-14,19H,9-12H2,1-2H3. The molecule has 0 radical (unpaired) electrons. The quantitative estimate of drug-likeness (QED) is 0.842. The molecule has 0 aliphatic carbocycles. The molecule has 25 heavy (non-hydrogen) atoms. The number of carbonyl (C=O) groups is 1. The molecule has 2 aliphatic rings. The number of piperazine rings is 1. The monoisotopic (exact) mass is 337 g/mol. The number of aromatic nitrogens is 1. The molecule has 130 valence electrons. The molecular formula is C20H23N3O2. The summed E-state index contributed by atoms with van der Waals surface area (Å²) >= 11 is 0. The Labute approximate surface area is 148 Å². The van der Waals surface area contributed by atoms with Gasteiger partial charge < -0.3 is 9.64 Å². The second-order valence-corrected chi connectivity index (χ2v) is 6.90. The van der Waals surface area contributed by atoms with E-state index >= 15 is 0 Å². The SMILES string of the molecule is CC1Oc2ccc(-c3ccccn3)cc2C(=O)C1N1CCN(C)CC1. The van der Waals surface area contributed by atoms with Crippen LogP contribution in [-0.2, 0) is 0 Å². The van der Waals surface area contributed by atoms with Gasteiger partial charge in [-0.1, -0.05) is 6.07 Å². The number of rotatable bonds is 2. The summed E-state index contributed by atoms with van der Waals surface area (Å²) in [7, 11) is 2.12. The van der Waals surface area contributed by atoms with Crippen molar-refractivity contribution in [3.63, 3.8) is 0 Å². The maximum atomic E-state index is 13.2. The van der Waals surface area contributed by atoms with E-state index in [-0.39, 0.29) is 17.9 Å². The van der Waals surface area contributed by atoms with E-state index in [9.17, 15) is 4.79 Å². The molecule has 2 aromatic rings. The minimum Gasteiger partial charge on any atom is -0.488 e. The highest BCUT2D eigenvalue weighted by Crippen LogP contribution is 2.33. The Balaban J connectivity index is 1.66. The number of benzene rings is 1. The van der Waals surface area contributed by atoms with E-state index in [0.29, 0.717) is 11.3 Å². The van der Waals surface area contributed by atoms with Crippen LogP contribution in [0.25, 0.3) is 11.3 Å². The molecular weight excluding hydrogens is 314 g/mol. The number of hydrogen-bond donors (Lipinski definition) is 0. The number of ketones is 1. The number of fused-ring (bicyclic) bond motifs is 1. The van der Waals surface area contributed by atoms with Crippen LogP contribution in [0.2, 0.25) is 0 Å². The van der Waals surface area contributed by atoms with Gasteiger partial charge in [-0.3, -0.25) is 14.7 Å². The van der Waals surface area contributed by atoms with Crippen LogP contribution in [0.15, 0.2) is 42.6 Å². The highest BCUT2D eigenvalue weighted by Gasteiger charge is 2.39. The van der Waals surface area contributed by atoms with Gasteiger partial charge in [0.25, 0.3) is 0 Å². The summed E-state index contributed by atoms with van der Waals surface area (Å²) in [5.74, 6) is 0.846. The minimum atomic E-state index is -0.208. The number of carbonyl (C=O) groups excluding carboxylic acids is 1. The highest BCUT2D eigenvalue weighted by atomic mass is 16.5. The van der Waals surface area contributed by atoms with Crippen molar-refractivity contribution in [1.82, 2.24) is 14.8 Å². The van der Waals surface area contributed by atoms with E-state index in [1.807, 2.05) is 43.3 Å². The van der Waals surface area contributed by atoms with Crippen molar-refractivity contribution in [3.05, 3.63) is 48.2 Å². The Morgan fingerprint density at radius 3 is 2.64 bits per heavy atom. The molecule has 4 rings (SSSR count). The Morgan fingerprint density at radius 1 is 1.12 bits per heavy atom.